The monoisotopic (exact) mass is 471 g/mol. The van der Waals surface area contributed by atoms with E-state index in [-0.39, 0.29) is 11.7 Å². The molecule has 0 radical (unpaired) electrons. The molecule has 0 aliphatic rings. The second-order valence-electron chi connectivity index (χ2n) is 5.81. The number of hydrogen-bond acceptors (Lipinski definition) is 8. The van der Waals surface area contributed by atoms with E-state index in [1.807, 2.05) is 18.4 Å². The topological polar surface area (TPSA) is 97.6 Å². The molecule has 2 heterocycles. The number of halogens is 2. The van der Waals surface area contributed by atoms with E-state index in [0.717, 1.165) is 22.9 Å². The lowest BCUT2D eigenvalue weighted by Crippen LogP contribution is -2.15. The molecule has 2 aromatic heterocycles. The fraction of sp³-hybridized carbons (Fsp3) is 0.353. The van der Waals surface area contributed by atoms with Gasteiger partial charge < -0.3 is 9.88 Å². The maximum Gasteiger partial charge on any atom is 0.236 e. The van der Waals surface area contributed by atoms with Gasteiger partial charge in [-0.1, -0.05) is 53.2 Å². The second kappa shape index (κ2) is 10.2. The van der Waals surface area contributed by atoms with Crippen LogP contribution in [-0.2, 0) is 24.3 Å². The molecule has 1 aromatic carbocycles. The van der Waals surface area contributed by atoms with Crippen molar-refractivity contribution in [1.29, 1.82) is 0 Å². The Hall–Kier alpha value is -1.88. The van der Waals surface area contributed by atoms with Gasteiger partial charge in [0.1, 0.15) is 5.01 Å². The number of anilines is 2. The van der Waals surface area contributed by atoms with Gasteiger partial charge in [-0.15, -0.1) is 20.4 Å². The van der Waals surface area contributed by atoms with Crippen LogP contribution >= 0.6 is 46.3 Å². The highest BCUT2D eigenvalue weighted by molar-refractivity contribution is 7.99. The molecule has 3 rings (SSSR count). The third-order valence-electron chi connectivity index (χ3n) is 3.82. The fourth-order valence-corrected chi connectivity index (χ4v) is 4.29. The van der Waals surface area contributed by atoms with Crippen molar-refractivity contribution in [1.82, 2.24) is 25.0 Å². The summed E-state index contributed by atoms with van der Waals surface area (Å²) in [5.74, 6) is 0.778. The minimum Gasteiger partial charge on any atom is -0.376 e. The lowest BCUT2D eigenvalue weighted by molar-refractivity contribution is -0.113. The molecular weight excluding hydrogens is 453 g/mol. The summed E-state index contributed by atoms with van der Waals surface area (Å²) < 4.78 is 1.95. The van der Waals surface area contributed by atoms with Gasteiger partial charge in [0.25, 0.3) is 0 Å². The number of rotatable bonds is 9. The van der Waals surface area contributed by atoms with E-state index >= 15 is 0 Å². The lowest BCUT2D eigenvalue weighted by Gasteiger charge is -2.10. The first-order chi connectivity index (χ1) is 14.0. The Morgan fingerprint density at radius 2 is 2.03 bits per heavy atom. The summed E-state index contributed by atoms with van der Waals surface area (Å²) in [6, 6.07) is 5.22. The molecule has 8 nitrogen and oxygen atoms in total. The summed E-state index contributed by atoms with van der Waals surface area (Å²) in [6.07, 6.45) is 0.791. The Labute approximate surface area is 186 Å². The van der Waals surface area contributed by atoms with Crippen LogP contribution in [0.5, 0.6) is 0 Å². The molecule has 0 fully saturated rings. The van der Waals surface area contributed by atoms with Gasteiger partial charge in [-0.05, 0) is 31.5 Å². The van der Waals surface area contributed by atoms with Crippen molar-refractivity contribution in [2.24, 2.45) is 0 Å². The molecular formula is C17H19Cl2N7OS2. The third-order valence-corrected chi connectivity index (χ3v) is 6.34. The molecule has 0 unspecified atom stereocenters. The van der Waals surface area contributed by atoms with E-state index in [2.05, 4.69) is 31.0 Å². The molecule has 154 valence electrons. The van der Waals surface area contributed by atoms with Gasteiger partial charge in [-0.2, -0.15) is 0 Å². The predicted molar refractivity (Wildman–Crippen MR) is 118 cm³/mol. The normalized spacial score (nSPS) is 10.9. The molecule has 12 heteroatoms. The van der Waals surface area contributed by atoms with Crippen molar-refractivity contribution in [2.45, 2.75) is 38.5 Å². The summed E-state index contributed by atoms with van der Waals surface area (Å²) in [4.78, 5) is 12.2. The number of benzene rings is 1. The average molecular weight is 472 g/mol. The molecule has 3 aromatic rings. The maximum atomic E-state index is 12.2. The number of hydrogen-bond donors (Lipinski definition) is 2. The molecule has 0 saturated carbocycles. The standard InChI is InChI=1S/C17H19Cl2N7OS2/c1-3-15-23-24-16(29-15)21-14(27)9-28-17-25-22-13(26(17)4-2)8-20-12-7-10(18)5-6-11(12)19/h5-7,20H,3-4,8-9H2,1-2H3,(H,21,24,27). The number of aromatic nitrogens is 5. The first-order valence-corrected chi connectivity index (χ1v) is 11.4. The van der Waals surface area contributed by atoms with Crippen LogP contribution < -0.4 is 10.6 Å². The molecule has 1 amide bonds. The average Bonchev–Trinajstić information content (AvgIpc) is 3.33. The summed E-state index contributed by atoms with van der Waals surface area (Å²) in [5, 5.41) is 25.6. The van der Waals surface area contributed by atoms with Gasteiger partial charge in [0.2, 0.25) is 11.0 Å². The second-order valence-corrected chi connectivity index (χ2v) is 8.66. The summed E-state index contributed by atoms with van der Waals surface area (Å²) in [6.45, 7) is 5.09. The fourth-order valence-electron chi connectivity index (χ4n) is 2.41. The molecule has 29 heavy (non-hydrogen) atoms. The predicted octanol–water partition coefficient (Wildman–Crippen LogP) is 4.36. The molecule has 2 N–H and O–H groups in total. The van der Waals surface area contributed by atoms with Gasteiger partial charge in [0.15, 0.2) is 11.0 Å². The SMILES string of the molecule is CCc1nnc(NC(=O)CSc2nnc(CNc3cc(Cl)ccc3Cl)n2CC)s1. The molecule has 0 aliphatic heterocycles. The van der Waals surface area contributed by atoms with E-state index in [1.54, 1.807) is 18.2 Å². The van der Waals surface area contributed by atoms with Gasteiger partial charge >= 0.3 is 0 Å². The Bertz CT molecular complexity index is 992. The van der Waals surface area contributed by atoms with E-state index in [4.69, 9.17) is 23.2 Å². The highest BCUT2D eigenvalue weighted by atomic mass is 35.5. The highest BCUT2D eigenvalue weighted by Crippen LogP contribution is 2.26. The minimum absolute atomic E-state index is 0.162. The van der Waals surface area contributed by atoms with Gasteiger partial charge in [0.05, 0.1) is 23.0 Å². The van der Waals surface area contributed by atoms with Crippen LogP contribution in [0.1, 0.15) is 24.7 Å². The van der Waals surface area contributed by atoms with E-state index in [1.165, 1.54) is 23.1 Å². The van der Waals surface area contributed by atoms with Gasteiger partial charge in [-0.3, -0.25) is 10.1 Å². The summed E-state index contributed by atoms with van der Waals surface area (Å²) in [5.41, 5.74) is 0.724. The highest BCUT2D eigenvalue weighted by Gasteiger charge is 2.14. The largest absolute Gasteiger partial charge is 0.376 e. The van der Waals surface area contributed by atoms with Gasteiger partial charge in [-0.25, -0.2) is 0 Å². The quantitative estimate of drug-likeness (QED) is 0.447. The van der Waals surface area contributed by atoms with Crippen LogP contribution in [0.2, 0.25) is 10.0 Å². The Balaban J connectivity index is 1.58. The minimum atomic E-state index is -0.162. The molecule has 0 bridgehead atoms. The number of thioether (sulfide) groups is 1. The number of aryl methyl sites for hydroxylation is 1. The van der Waals surface area contributed by atoms with Crippen molar-refractivity contribution in [3.63, 3.8) is 0 Å². The Morgan fingerprint density at radius 1 is 1.21 bits per heavy atom. The zero-order valence-corrected chi connectivity index (χ0v) is 18.9. The lowest BCUT2D eigenvalue weighted by atomic mass is 10.3. The van der Waals surface area contributed by atoms with Crippen LogP contribution in [0.3, 0.4) is 0 Å². The maximum absolute atomic E-state index is 12.2. The number of amides is 1. The van der Waals surface area contributed by atoms with Gasteiger partial charge in [0, 0.05) is 11.6 Å². The number of nitrogens with zero attached hydrogens (tertiary/aromatic N) is 5. The molecule has 0 saturated heterocycles. The smallest absolute Gasteiger partial charge is 0.236 e. The van der Waals surface area contributed by atoms with Crippen LogP contribution in [-0.4, -0.2) is 36.6 Å². The summed E-state index contributed by atoms with van der Waals surface area (Å²) >= 11 is 14.9. The van der Waals surface area contributed by atoms with Crippen LogP contribution in [0.25, 0.3) is 0 Å². The zero-order valence-electron chi connectivity index (χ0n) is 15.8. The molecule has 0 spiro atoms. The van der Waals surface area contributed by atoms with E-state index in [9.17, 15) is 4.79 Å². The third kappa shape index (κ3) is 5.81. The Kier molecular flexibility index (Phi) is 7.70. The number of nitrogens with one attached hydrogen (secondary N) is 2. The van der Waals surface area contributed by atoms with Crippen molar-refractivity contribution >= 4 is 63.0 Å². The van der Waals surface area contributed by atoms with Crippen LogP contribution in [0.15, 0.2) is 23.4 Å². The van der Waals surface area contributed by atoms with E-state index in [0.29, 0.717) is 33.4 Å². The first-order valence-electron chi connectivity index (χ1n) is 8.86. The summed E-state index contributed by atoms with van der Waals surface area (Å²) in [7, 11) is 0. The number of carbonyl (C=O) groups is 1. The Morgan fingerprint density at radius 3 is 2.76 bits per heavy atom. The van der Waals surface area contributed by atoms with Crippen molar-refractivity contribution in [2.75, 3.05) is 16.4 Å². The van der Waals surface area contributed by atoms with Crippen LogP contribution in [0, 0.1) is 0 Å². The number of carbonyl (C=O) groups excluding carboxylic acids is 1. The van der Waals surface area contributed by atoms with Crippen molar-refractivity contribution in [3.05, 3.63) is 39.1 Å². The van der Waals surface area contributed by atoms with Crippen molar-refractivity contribution < 1.29 is 4.79 Å². The van der Waals surface area contributed by atoms with Crippen molar-refractivity contribution in [3.8, 4) is 0 Å². The molecule has 0 aliphatic carbocycles. The van der Waals surface area contributed by atoms with Crippen LogP contribution in [0.4, 0.5) is 10.8 Å². The van der Waals surface area contributed by atoms with E-state index < -0.39 is 0 Å². The molecule has 0 atom stereocenters. The first kappa shape index (κ1) is 21.8. The zero-order chi connectivity index (χ0) is 20.8.